The maximum atomic E-state index is 16.7. The van der Waals surface area contributed by atoms with Crippen molar-refractivity contribution in [3.63, 3.8) is 0 Å². The van der Waals surface area contributed by atoms with Crippen LogP contribution >= 0.6 is 11.3 Å². The lowest BCUT2D eigenvalue weighted by atomic mass is 9.90. The minimum atomic E-state index is -0.284. The monoisotopic (exact) mass is 502 g/mol. The molecular weight excluding hydrogens is 471 g/mol. The molecule has 0 aliphatic carbocycles. The van der Waals surface area contributed by atoms with Gasteiger partial charge in [-0.2, -0.15) is 5.26 Å². The molecule has 2 N–H and O–H groups in total. The summed E-state index contributed by atoms with van der Waals surface area (Å²) >= 11 is 1.36. The van der Waals surface area contributed by atoms with E-state index in [0.29, 0.717) is 57.8 Å². The number of hydrogen-bond acceptors (Lipinski definition) is 5. The van der Waals surface area contributed by atoms with Gasteiger partial charge in [-0.3, -0.25) is 0 Å². The van der Waals surface area contributed by atoms with Crippen molar-refractivity contribution >= 4 is 44.0 Å². The Bertz CT molecular complexity index is 1560. The Morgan fingerprint density at radius 2 is 2.11 bits per heavy atom. The minimum Gasteiger partial charge on any atom is -0.389 e. The highest BCUT2D eigenvalue weighted by Gasteiger charge is 2.27. The Balaban J connectivity index is 1.83. The van der Waals surface area contributed by atoms with E-state index < -0.39 is 0 Å². The van der Waals surface area contributed by atoms with E-state index in [4.69, 9.17) is 15.5 Å². The summed E-state index contributed by atoms with van der Waals surface area (Å²) in [7, 11) is 0. The molecule has 1 aromatic heterocycles. The highest BCUT2D eigenvalue weighted by molar-refractivity contribution is 7.23. The molecule has 0 radical (unpaired) electrons. The van der Waals surface area contributed by atoms with Gasteiger partial charge >= 0.3 is 0 Å². The minimum absolute atomic E-state index is 0.284. The Hall–Kier alpha value is -3.21. The molecule has 5 rings (SSSR count). The van der Waals surface area contributed by atoms with Gasteiger partial charge in [-0.25, -0.2) is 9.38 Å². The first kappa shape index (κ1) is 24.5. The standard InChI is InChI=1S/C29H31FN4OS/c1-5-17(3)25-21(12-33-18(4)34-10-9-16(2)13-34)22-14-35-15-23(22)27(28(25)30)19-7-6-8-24-26(19)20(11-31)29(32)36-24/h6-8,12,16H,5,9-10,13-15,32H2,1-4H3/b21-12-,25-17?,33-18?. The summed E-state index contributed by atoms with van der Waals surface area (Å²) in [6.45, 7) is 11.0. The van der Waals surface area contributed by atoms with Crippen LogP contribution in [-0.4, -0.2) is 23.8 Å². The summed E-state index contributed by atoms with van der Waals surface area (Å²) < 4.78 is 23.5. The predicted molar refractivity (Wildman–Crippen MR) is 146 cm³/mol. The van der Waals surface area contributed by atoms with Crippen molar-refractivity contribution in [3.8, 4) is 17.2 Å². The number of nitrogens with two attached hydrogens (primary N) is 1. The zero-order valence-electron chi connectivity index (χ0n) is 21.2. The molecule has 2 aromatic carbocycles. The maximum absolute atomic E-state index is 16.7. The van der Waals surface area contributed by atoms with Gasteiger partial charge in [-0.05, 0) is 55.4 Å². The summed E-state index contributed by atoms with van der Waals surface area (Å²) in [5, 5.41) is 12.4. The Morgan fingerprint density at radius 3 is 2.81 bits per heavy atom. The van der Waals surface area contributed by atoms with Crippen LogP contribution in [0.2, 0.25) is 0 Å². The van der Waals surface area contributed by atoms with Gasteiger partial charge in [0.25, 0.3) is 0 Å². The molecule has 36 heavy (non-hydrogen) atoms. The zero-order chi connectivity index (χ0) is 25.6. The van der Waals surface area contributed by atoms with Crippen molar-refractivity contribution in [2.45, 2.75) is 53.8 Å². The van der Waals surface area contributed by atoms with Crippen molar-refractivity contribution < 1.29 is 9.13 Å². The van der Waals surface area contributed by atoms with Crippen molar-refractivity contribution in [1.29, 1.82) is 5.26 Å². The number of rotatable bonds is 3. The van der Waals surface area contributed by atoms with E-state index in [0.717, 1.165) is 52.0 Å². The van der Waals surface area contributed by atoms with E-state index in [1.54, 1.807) is 0 Å². The number of hydrogen-bond donors (Lipinski definition) is 1. The lowest BCUT2D eigenvalue weighted by Crippen LogP contribution is -2.35. The van der Waals surface area contributed by atoms with Gasteiger partial charge in [-0.1, -0.05) is 31.6 Å². The maximum Gasteiger partial charge on any atom is 0.139 e. The molecule has 5 nitrogen and oxygen atoms in total. The van der Waals surface area contributed by atoms with E-state index in [9.17, 15) is 5.26 Å². The predicted octanol–water partition coefficient (Wildman–Crippen LogP) is 5.27. The molecule has 0 bridgehead atoms. The van der Waals surface area contributed by atoms with Gasteiger partial charge in [-0.15, -0.1) is 11.3 Å². The molecule has 2 aliphatic rings. The molecule has 0 saturated carbocycles. The van der Waals surface area contributed by atoms with Crippen molar-refractivity contribution in [3.05, 3.63) is 51.1 Å². The molecule has 186 valence electrons. The van der Waals surface area contributed by atoms with Crippen LogP contribution in [0.4, 0.5) is 9.39 Å². The number of nitriles is 1. The van der Waals surface area contributed by atoms with E-state index in [1.165, 1.54) is 11.3 Å². The second-order valence-corrected chi connectivity index (χ2v) is 10.9. The molecule has 1 saturated heterocycles. The molecule has 0 spiro atoms. The highest BCUT2D eigenvalue weighted by atomic mass is 32.1. The topological polar surface area (TPSA) is 74.6 Å². The lowest BCUT2D eigenvalue weighted by Gasteiger charge is -2.17. The first-order valence-corrected chi connectivity index (χ1v) is 13.3. The normalized spacial score (nSPS) is 19.2. The molecule has 3 heterocycles. The van der Waals surface area contributed by atoms with Crippen LogP contribution in [-0.2, 0) is 18.0 Å². The van der Waals surface area contributed by atoms with E-state index in [1.807, 2.05) is 45.2 Å². The Labute approximate surface area is 215 Å². The number of likely N-dealkylation sites (tertiary alicyclic amines) is 1. The number of thiophene rings is 1. The van der Waals surface area contributed by atoms with Crippen LogP contribution in [0.25, 0.3) is 33.0 Å². The van der Waals surface area contributed by atoms with Crippen LogP contribution in [0.15, 0.2) is 23.2 Å². The number of amidine groups is 1. The number of nitrogens with zero attached hydrogens (tertiary/aromatic N) is 3. The van der Waals surface area contributed by atoms with Crippen LogP contribution in [0, 0.1) is 23.1 Å². The number of anilines is 1. The summed E-state index contributed by atoms with van der Waals surface area (Å²) in [6, 6.07) is 7.95. The van der Waals surface area contributed by atoms with Crippen molar-refractivity contribution in [1.82, 2.24) is 4.90 Å². The third kappa shape index (κ3) is 3.99. The Kier molecular flexibility index (Phi) is 6.59. The third-order valence-electron chi connectivity index (χ3n) is 7.54. The van der Waals surface area contributed by atoms with Gasteiger partial charge in [0, 0.05) is 45.4 Å². The third-order valence-corrected chi connectivity index (χ3v) is 8.52. The number of aliphatic imine (C=N–C) groups is 1. The molecule has 1 atom stereocenters. The summed E-state index contributed by atoms with van der Waals surface area (Å²) in [6.07, 6.45) is 3.70. The number of ether oxygens (including phenoxy) is 1. The number of fused-ring (bicyclic) bond motifs is 2. The second-order valence-electron chi connectivity index (χ2n) is 9.84. The molecule has 3 aromatic rings. The molecule has 0 amide bonds. The fourth-order valence-corrected chi connectivity index (χ4v) is 6.34. The quantitative estimate of drug-likeness (QED) is 0.391. The van der Waals surface area contributed by atoms with Gasteiger partial charge in [0.05, 0.1) is 18.8 Å². The number of benzene rings is 2. The fraction of sp³-hybridized carbons (Fsp3) is 0.379. The van der Waals surface area contributed by atoms with Gasteiger partial charge in [0.15, 0.2) is 0 Å². The summed E-state index contributed by atoms with van der Waals surface area (Å²) in [4.78, 5) is 7.11. The average molecular weight is 503 g/mol. The average Bonchev–Trinajstić information content (AvgIpc) is 3.59. The number of halogens is 1. The van der Waals surface area contributed by atoms with E-state index >= 15 is 4.39 Å². The summed E-state index contributed by atoms with van der Waals surface area (Å²) in [5.74, 6) is 1.32. The van der Waals surface area contributed by atoms with Crippen molar-refractivity contribution in [2.24, 2.45) is 10.9 Å². The van der Waals surface area contributed by atoms with Crippen LogP contribution in [0.5, 0.6) is 0 Å². The molecule has 1 fully saturated rings. The fourth-order valence-electron chi connectivity index (χ4n) is 5.39. The SMILES string of the molecule is CCC(C)=c1c(F)c(-c2cccc3sc(N)c(C#N)c23)c2c(/c1=C/N=C(C)N1CCC(C)C1)COC2. The summed E-state index contributed by atoms with van der Waals surface area (Å²) in [5.41, 5.74) is 10.5. The second kappa shape index (κ2) is 9.68. The van der Waals surface area contributed by atoms with E-state index in [-0.39, 0.29) is 5.82 Å². The van der Waals surface area contributed by atoms with Crippen molar-refractivity contribution in [2.75, 3.05) is 18.8 Å². The first-order valence-electron chi connectivity index (χ1n) is 12.5. The van der Waals surface area contributed by atoms with Gasteiger partial charge in [0.1, 0.15) is 22.7 Å². The van der Waals surface area contributed by atoms with Crippen LogP contribution in [0.1, 0.15) is 57.2 Å². The largest absolute Gasteiger partial charge is 0.389 e. The van der Waals surface area contributed by atoms with Crippen LogP contribution < -0.4 is 16.2 Å². The molecule has 7 heteroatoms. The zero-order valence-corrected chi connectivity index (χ0v) is 22.1. The highest BCUT2D eigenvalue weighted by Crippen LogP contribution is 2.42. The smallest absolute Gasteiger partial charge is 0.139 e. The lowest BCUT2D eigenvalue weighted by molar-refractivity contribution is 0.134. The molecular formula is C29H31FN4OS. The van der Waals surface area contributed by atoms with E-state index in [2.05, 4.69) is 17.9 Å². The van der Waals surface area contributed by atoms with Crippen LogP contribution in [0.3, 0.4) is 0 Å². The Morgan fingerprint density at radius 1 is 1.33 bits per heavy atom. The molecule has 1 unspecified atom stereocenters. The first-order chi connectivity index (χ1) is 17.3. The molecule has 2 aliphatic heterocycles. The van der Waals surface area contributed by atoms with Gasteiger partial charge in [0.2, 0.25) is 0 Å². The van der Waals surface area contributed by atoms with Gasteiger partial charge < -0.3 is 15.4 Å². The number of nitrogen functional groups attached to an aromatic ring is 1.